The Morgan fingerprint density at radius 2 is 2.12 bits per heavy atom. The van der Waals surface area contributed by atoms with Gasteiger partial charge in [-0.3, -0.25) is 4.68 Å². The zero-order chi connectivity index (χ0) is 12.6. The topological polar surface area (TPSA) is 17.8 Å². The highest BCUT2D eigenvalue weighted by molar-refractivity contribution is 9.10. The third-order valence-electron chi connectivity index (χ3n) is 2.61. The molecule has 2 nitrogen and oxygen atoms in total. The van der Waals surface area contributed by atoms with E-state index in [0.29, 0.717) is 6.54 Å². The molecule has 0 N–H and O–H groups in total. The molecule has 5 heteroatoms. The second kappa shape index (κ2) is 4.78. The first kappa shape index (κ1) is 12.6. The fourth-order valence-corrected chi connectivity index (χ4v) is 2.13. The molecule has 0 fully saturated rings. The first-order chi connectivity index (χ1) is 7.99. The zero-order valence-corrected chi connectivity index (χ0v) is 11.8. The second-order valence-electron chi connectivity index (χ2n) is 3.89. The van der Waals surface area contributed by atoms with Crippen molar-refractivity contribution in [3.63, 3.8) is 0 Å². The van der Waals surface area contributed by atoms with E-state index in [1.165, 1.54) is 6.07 Å². The van der Waals surface area contributed by atoms with Crippen LogP contribution in [0.1, 0.15) is 17.0 Å². The van der Waals surface area contributed by atoms with Crippen LogP contribution in [0.4, 0.5) is 4.39 Å². The Kier molecular flexibility index (Phi) is 3.54. The summed E-state index contributed by atoms with van der Waals surface area (Å²) in [5, 5.41) is 4.53. The van der Waals surface area contributed by atoms with Gasteiger partial charge in [0.25, 0.3) is 0 Å². The molecule has 0 bridgehead atoms. The van der Waals surface area contributed by atoms with E-state index >= 15 is 0 Å². The van der Waals surface area contributed by atoms with Crippen LogP contribution in [0, 0.1) is 19.7 Å². The van der Waals surface area contributed by atoms with Crippen molar-refractivity contribution < 1.29 is 4.39 Å². The lowest BCUT2D eigenvalue weighted by Gasteiger charge is -2.05. The molecule has 0 aliphatic carbocycles. The highest BCUT2D eigenvalue weighted by Crippen LogP contribution is 2.22. The minimum absolute atomic E-state index is 0.142. The Bertz CT molecular complexity index is 566. The molecule has 1 aromatic heterocycles. The Morgan fingerprint density at radius 1 is 1.41 bits per heavy atom. The van der Waals surface area contributed by atoms with Crippen molar-refractivity contribution in [1.82, 2.24) is 9.78 Å². The number of benzene rings is 1. The average molecular weight is 318 g/mol. The van der Waals surface area contributed by atoms with E-state index in [4.69, 9.17) is 11.6 Å². The van der Waals surface area contributed by atoms with Gasteiger partial charge in [0.05, 0.1) is 27.4 Å². The summed E-state index contributed by atoms with van der Waals surface area (Å²) >= 11 is 9.21. The van der Waals surface area contributed by atoms with Crippen molar-refractivity contribution in [2.45, 2.75) is 20.4 Å². The van der Waals surface area contributed by atoms with Gasteiger partial charge in [-0.2, -0.15) is 5.10 Å². The van der Waals surface area contributed by atoms with Crippen LogP contribution in [-0.2, 0) is 6.54 Å². The highest BCUT2D eigenvalue weighted by atomic mass is 79.9. The molecule has 0 unspecified atom stereocenters. The number of aryl methyl sites for hydroxylation is 1. The van der Waals surface area contributed by atoms with E-state index in [9.17, 15) is 4.39 Å². The number of halogens is 3. The molecule has 1 aromatic carbocycles. The van der Waals surface area contributed by atoms with Crippen LogP contribution >= 0.6 is 27.5 Å². The fourth-order valence-electron chi connectivity index (χ4n) is 1.64. The number of nitrogens with zero attached hydrogens (tertiary/aromatic N) is 2. The normalized spacial score (nSPS) is 10.9. The molecule has 0 aliphatic rings. The molecule has 0 spiro atoms. The van der Waals surface area contributed by atoms with E-state index in [2.05, 4.69) is 21.0 Å². The van der Waals surface area contributed by atoms with Gasteiger partial charge in [0, 0.05) is 0 Å². The summed E-state index contributed by atoms with van der Waals surface area (Å²) in [6, 6.07) is 4.71. The summed E-state index contributed by atoms with van der Waals surface area (Å²) in [6.07, 6.45) is 0. The van der Waals surface area contributed by atoms with E-state index in [-0.39, 0.29) is 5.02 Å². The predicted molar refractivity (Wildman–Crippen MR) is 69.9 cm³/mol. The molecule has 1 heterocycles. The van der Waals surface area contributed by atoms with E-state index in [1.54, 1.807) is 12.1 Å². The van der Waals surface area contributed by atoms with Gasteiger partial charge in [0.2, 0.25) is 0 Å². The maximum absolute atomic E-state index is 13.0. The number of hydrogen-bond acceptors (Lipinski definition) is 1. The monoisotopic (exact) mass is 316 g/mol. The molecular weight excluding hydrogens is 307 g/mol. The van der Waals surface area contributed by atoms with Gasteiger partial charge in [-0.1, -0.05) is 17.7 Å². The van der Waals surface area contributed by atoms with Crippen LogP contribution in [0.15, 0.2) is 22.7 Å². The van der Waals surface area contributed by atoms with E-state index in [0.717, 1.165) is 21.4 Å². The summed E-state index contributed by atoms with van der Waals surface area (Å²) in [7, 11) is 0. The van der Waals surface area contributed by atoms with E-state index in [1.807, 2.05) is 18.5 Å². The lowest BCUT2D eigenvalue weighted by Crippen LogP contribution is -2.04. The average Bonchev–Trinajstić information content (AvgIpc) is 2.52. The second-order valence-corrected chi connectivity index (χ2v) is 5.09. The summed E-state index contributed by atoms with van der Waals surface area (Å²) in [5.41, 5.74) is 2.91. The van der Waals surface area contributed by atoms with Crippen LogP contribution in [0.2, 0.25) is 5.02 Å². The Labute approximate surface area is 113 Å². The molecule has 17 heavy (non-hydrogen) atoms. The van der Waals surface area contributed by atoms with Crippen LogP contribution in [0.25, 0.3) is 0 Å². The maximum Gasteiger partial charge on any atom is 0.141 e. The van der Waals surface area contributed by atoms with Crippen molar-refractivity contribution >= 4 is 27.5 Å². The third kappa shape index (κ3) is 2.53. The molecule has 0 aliphatic heterocycles. The lowest BCUT2D eigenvalue weighted by molar-refractivity contribution is 0.623. The first-order valence-corrected chi connectivity index (χ1v) is 6.29. The standard InChI is InChI=1S/C12H11BrClFN2/c1-7-12(13)8(2)17(16-7)6-9-3-4-11(15)10(14)5-9/h3-5H,6H2,1-2H3. The van der Waals surface area contributed by atoms with Crippen molar-refractivity contribution in [3.05, 3.63) is 50.5 Å². The van der Waals surface area contributed by atoms with Gasteiger partial charge >= 0.3 is 0 Å². The van der Waals surface area contributed by atoms with Crippen molar-refractivity contribution in [3.8, 4) is 0 Å². The molecule has 2 aromatic rings. The maximum atomic E-state index is 13.0. The first-order valence-electron chi connectivity index (χ1n) is 5.12. The number of aromatic nitrogens is 2. The summed E-state index contributed by atoms with van der Waals surface area (Å²) < 4.78 is 15.9. The minimum Gasteiger partial charge on any atom is -0.264 e. The SMILES string of the molecule is Cc1nn(Cc2ccc(F)c(Cl)c2)c(C)c1Br. The fraction of sp³-hybridized carbons (Fsp3) is 0.250. The summed E-state index contributed by atoms with van der Waals surface area (Å²) in [5.74, 6) is -0.398. The Hall–Kier alpha value is -0.870. The zero-order valence-electron chi connectivity index (χ0n) is 9.47. The molecule has 0 saturated carbocycles. The van der Waals surface area contributed by atoms with Crippen LogP contribution < -0.4 is 0 Å². The van der Waals surface area contributed by atoms with Crippen LogP contribution in [-0.4, -0.2) is 9.78 Å². The number of rotatable bonds is 2. The van der Waals surface area contributed by atoms with Crippen molar-refractivity contribution in [1.29, 1.82) is 0 Å². The number of hydrogen-bond donors (Lipinski definition) is 0. The van der Waals surface area contributed by atoms with Gasteiger partial charge in [0.15, 0.2) is 0 Å². The van der Waals surface area contributed by atoms with Gasteiger partial charge in [-0.15, -0.1) is 0 Å². The van der Waals surface area contributed by atoms with Crippen molar-refractivity contribution in [2.24, 2.45) is 0 Å². The highest BCUT2D eigenvalue weighted by Gasteiger charge is 2.09. The largest absolute Gasteiger partial charge is 0.264 e. The Balaban J connectivity index is 2.31. The summed E-state index contributed by atoms with van der Waals surface area (Å²) in [4.78, 5) is 0. The van der Waals surface area contributed by atoms with Crippen molar-refractivity contribution in [2.75, 3.05) is 0 Å². The van der Waals surface area contributed by atoms with Crippen LogP contribution in [0.3, 0.4) is 0 Å². The van der Waals surface area contributed by atoms with Gasteiger partial charge < -0.3 is 0 Å². The molecule has 90 valence electrons. The summed E-state index contributed by atoms with van der Waals surface area (Å²) in [6.45, 7) is 4.50. The van der Waals surface area contributed by atoms with Crippen LogP contribution in [0.5, 0.6) is 0 Å². The minimum atomic E-state index is -0.398. The molecule has 0 saturated heterocycles. The molecular formula is C12H11BrClFN2. The quantitative estimate of drug-likeness (QED) is 0.815. The smallest absolute Gasteiger partial charge is 0.141 e. The molecule has 0 atom stereocenters. The molecule has 0 amide bonds. The molecule has 2 rings (SSSR count). The van der Waals surface area contributed by atoms with Gasteiger partial charge in [-0.25, -0.2) is 4.39 Å². The lowest BCUT2D eigenvalue weighted by atomic mass is 10.2. The Morgan fingerprint density at radius 3 is 2.65 bits per heavy atom. The van der Waals surface area contributed by atoms with Gasteiger partial charge in [-0.05, 0) is 47.5 Å². The predicted octanol–water partition coefficient (Wildman–Crippen LogP) is 4.10. The third-order valence-corrected chi connectivity index (χ3v) is 4.05. The van der Waals surface area contributed by atoms with E-state index < -0.39 is 5.82 Å². The van der Waals surface area contributed by atoms with Gasteiger partial charge in [0.1, 0.15) is 5.82 Å². The molecule has 0 radical (unpaired) electrons.